The molecular formula is C20H17NO5. The van der Waals surface area contributed by atoms with Gasteiger partial charge >= 0.3 is 11.9 Å². The first-order valence-electron chi connectivity index (χ1n) is 7.45. The number of ether oxygens (including phenoxy) is 2. The topological polar surface area (TPSA) is 93.5 Å². The van der Waals surface area contributed by atoms with Crippen LogP contribution in [-0.4, -0.2) is 32.4 Å². The third-order valence-electron chi connectivity index (χ3n) is 3.20. The molecule has 2 aromatic carbocycles. The molecular weight excluding hydrogens is 334 g/mol. The smallest absolute Gasteiger partial charge is 0.338 e. The van der Waals surface area contributed by atoms with Crippen molar-refractivity contribution in [2.45, 2.75) is 0 Å². The van der Waals surface area contributed by atoms with E-state index in [1.54, 1.807) is 54.6 Å². The number of hydrogen-bond acceptors (Lipinski definition) is 6. The van der Waals surface area contributed by atoms with E-state index in [4.69, 9.17) is 5.26 Å². The molecule has 0 aromatic heterocycles. The molecule has 26 heavy (non-hydrogen) atoms. The Morgan fingerprint density at radius 3 is 1.81 bits per heavy atom. The van der Waals surface area contributed by atoms with Crippen molar-refractivity contribution in [1.82, 2.24) is 0 Å². The standard InChI is InChI=1S/C11H9NO2.C9H8O3/c1-14-11(13)10-7-3-2-5-9(10)6-4-8-12;1-12-9(11)8-5-3-2-4-7(8)6-10/h2-7H,1H3;2-6H,1H3. The Kier molecular flexibility index (Phi) is 8.55. The predicted octanol–water partition coefficient (Wildman–Crippen LogP) is 3.30. The van der Waals surface area contributed by atoms with Gasteiger partial charge in [0.2, 0.25) is 0 Å². The van der Waals surface area contributed by atoms with E-state index in [2.05, 4.69) is 9.47 Å². The van der Waals surface area contributed by atoms with Crippen LogP contribution in [-0.2, 0) is 9.47 Å². The average molecular weight is 351 g/mol. The molecule has 0 N–H and O–H groups in total. The maximum Gasteiger partial charge on any atom is 0.338 e. The van der Waals surface area contributed by atoms with Crippen molar-refractivity contribution in [1.29, 1.82) is 5.26 Å². The van der Waals surface area contributed by atoms with Crippen molar-refractivity contribution < 1.29 is 23.9 Å². The van der Waals surface area contributed by atoms with Crippen LogP contribution in [0.25, 0.3) is 6.08 Å². The van der Waals surface area contributed by atoms with Crippen LogP contribution in [0.15, 0.2) is 54.6 Å². The number of allylic oxidation sites excluding steroid dienone is 1. The molecule has 0 saturated heterocycles. The molecule has 0 saturated carbocycles. The summed E-state index contributed by atoms with van der Waals surface area (Å²) < 4.78 is 9.08. The summed E-state index contributed by atoms with van der Waals surface area (Å²) in [6.07, 6.45) is 3.53. The molecule has 6 heteroatoms. The molecule has 0 spiro atoms. The number of aldehydes is 1. The molecule has 2 rings (SSSR count). The maximum atomic E-state index is 11.3. The number of nitriles is 1. The van der Waals surface area contributed by atoms with Gasteiger partial charge in [0.1, 0.15) is 0 Å². The first-order valence-corrected chi connectivity index (χ1v) is 7.45. The average Bonchev–Trinajstić information content (AvgIpc) is 2.71. The molecule has 0 aliphatic carbocycles. The summed E-state index contributed by atoms with van der Waals surface area (Å²) in [5, 5.41) is 8.36. The zero-order valence-electron chi connectivity index (χ0n) is 14.3. The Bertz CT molecular complexity index is 849. The minimum atomic E-state index is -0.488. The minimum Gasteiger partial charge on any atom is -0.465 e. The fraction of sp³-hybridized carbons (Fsp3) is 0.100. The number of carbonyl (C=O) groups excluding carboxylic acids is 3. The molecule has 0 bridgehead atoms. The highest BCUT2D eigenvalue weighted by Crippen LogP contribution is 2.11. The number of methoxy groups -OCH3 is 2. The lowest BCUT2D eigenvalue weighted by molar-refractivity contribution is 0.0591. The monoisotopic (exact) mass is 351 g/mol. The number of hydrogen-bond donors (Lipinski definition) is 0. The second-order valence-electron chi connectivity index (χ2n) is 4.74. The van der Waals surface area contributed by atoms with Crippen molar-refractivity contribution in [2.24, 2.45) is 0 Å². The van der Waals surface area contributed by atoms with Gasteiger partial charge in [0.05, 0.1) is 31.4 Å². The summed E-state index contributed by atoms with van der Waals surface area (Å²) in [5.74, 6) is -0.888. The van der Waals surface area contributed by atoms with E-state index in [1.165, 1.54) is 20.3 Å². The largest absolute Gasteiger partial charge is 0.465 e. The van der Waals surface area contributed by atoms with Gasteiger partial charge in [-0.1, -0.05) is 36.4 Å². The van der Waals surface area contributed by atoms with E-state index in [9.17, 15) is 14.4 Å². The van der Waals surface area contributed by atoms with Crippen LogP contribution in [0.4, 0.5) is 0 Å². The molecule has 0 unspecified atom stereocenters. The highest BCUT2D eigenvalue weighted by molar-refractivity contribution is 5.98. The Morgan fingerprint density at radius 2 is 1.35 bits per heavy atom. The molecule has 0 fully saturated rings. The van der Waals surface area contributed by atoms with Crippen molar-refractivity contribution in [2.75, 3.05) is 14.2 Å². The van der Waals surface area contributed by atoms with E-state index in [-0.39, 0.29) is 0 Å². The van der Waals surface area contributed by atoms with Crippen molar-refractivity contribution in [3.63, 3.8) is 0 Å². The third kappa shape index (κ3) is 5.73. The molecule has 2 aromatic rings. The highest BCUT2D eigenvalue weighted by atomic mass is 16.5. The molecule has 6 nitrogen and oxygen atoms in total. The fourth-order valence-electron chi connectivity index (χ4n) is 1.96. The normalized spacial score (nSPS) is 9.42. The molecule has 0 heterocycles. The molecule has 0 amide bonds. The van der Waals surface area contributed by atoms with Crippen LogP contribution in [0.3, 0.4) is 0 Å². The van der Waals surface area contributed by atoms with E-state index >= 15 is 0 Å². The third-order valence-corrected chi connectivity index (χ3v) is 3.20. The Morgan fingerprint density at radius 1 is 0.885 bits per heavy atom. The first-order chi connectivity index (χ1) is 12.6. The molecule has 0 atom stereocenters. The molecule has 0 radical (unpaired) electrons. The van der Waals surface area contributed by atoms with Crippen LogP contribution in [0, 0.1) is 11.3 Å². The SMILES string of the molecule is COC(=O)c1ccccc1C=CC#N.COC(=O)c1ccccc1C=O. The van der Waals surface area contributed by atoms with Gasteiger partial charge in [-0.25, -0.2) is 9.59 Å². The zero-order valence-corrected chi connectivity index (χ0v) is 14.3. The Balaban J connectivity index is 0.000000263. The van der Waals surface area contributed by atoms with E-state index < -0.39 is 11.9 Å². The summed E-state index contributed by atoms with van der Waals surface area (Å²) in [4.78, 5) is 32.7. The summed E-state index contributed by atoms with van der Waals surface area (Å²) in [6, 6.07) is 15.3. The van der Waals surface area contributed by atoms with Crippen LogP contribution in [0.1, 0.15) is 36.6 Å². The Hall–Kier alpha value is -3.72. The quantitative estimate of drug-likeness (QED) is 0.477. The van der Waals surface area contributed by atoms with Crippen molar-refractivity contribution in [3.8, 4) is 6.07 Å². The van der Waals surface area contributed by atoms with Gasteiger partial charge < -0.3 is 9.47 Å². The van der Waals surface area contributed by atoms with Gasteiger partial charge in [-0.3, -0.25) is 4.79 Å². The van der Waals surface area contributed by atoms with Crippen LogP contribution >= 0.6 is 0 Å². The first kappa shape index (κ1) is 20.3. The lowest BCUT2D eigenvalue weighted by Crippen LogP contribution is -2.04. The van der Waals surface area contributed by atoms with Gasteiger partial charge in [0.25, 0.3) is 0 Å². The number of benzene rings is 2. The maximum absolute atomic E-state index is 11.3. The van der Waals surface area contributed by atoms with Crippen molar-refractivity contribution >= 4 is 24.3 Å². The van der Waals surface area contributed by atoms with Gasteiger partial charge in [-0.05, 0) is 23.8 Å². The van der Waals surface area contributed by atoms with Crippen molar-refractivity contribution in [3.05, 3.63) is 76.9 Å². The predicted molar refractivity (Wildman–Crippen MR) is 95.6 cm³/mol. The number of rotatable bonds is 4. The van der Waals surface area contributed by atoms with Crippen LogP contribution < -0.4 is 0 Å². The number of esters is 2. The lowest BCUT2D eigenvalue weighted by Gasteiger charge is -2.02. The number of nitrogens with zero attached hydrogens (tertiary/aromatic N) is 1. The van der Waals surface area contributed by atoms with Gasteiger partial charge in [0.15, 0.2) is 6.29 Å². The summed E-state index contributed by atoms with van der Waals surface area (Å²) in [7, 11) is 2.61. The summed E-state index contributed by atoms with van der Waals surface area (Å²) in [6.45, 7) is 0. The fourth-order valence-corrected chi connectivity index (χ4v) is 1.96. The summed E-state index contributed by atoms with van der Waals surface area (Å²) >= 11 is 0. The highest BCUT2D eigenvalue weighted by Gasteiger charge is 2.09. The van der Waals surface area contributed by atoms with Gasteiger partial charge in [0, 0.05) is 11.6 Å². The van der Waals surface area contributed by atoms with E-state index in [1.807, 2.05) is 6.07 Å². The van der Waals surface area contributed by atoms with Gasteiger partial charge in [-0.15, -0.1) is 0 Å². The second-order valence-corrected chi connectivity index (χ2v) is 4.74. The van der Waals surface area contributed by atoms with Crippen LogP contribution in [0.2, 0.25) is 0 Å². The minimum absolute atomic E-state index is 0.301. The molecule has 0 aliphatic rings. The molecule has 0 aliphatic heterocycles. The van der Waals surface area contributed by atoms with E-state index in [0.29, 0.717) is 28.5 Å². The van der Waals surface area contributed by atoms with Crippen LogP contribution in [0.5, 0.6) is 0 Å². The zero-order chi connectivity index (χ0) is 19.4. The van der Waals surface area contributed by atoms with Gasteiger partial charge in [-0.2, -0.15) is 5.26 Å². The summed E-state index contributed by atoms with van der Waals surface area (Å²) in [5.41, 5.74) is 1.79. The number of carbonyl (C=O) groups is 3. The van der Waals surface area contributed by atoms with E-state index in [0.717, 1.165) is 0 Å². The molecule has 132 valence electrons. The lowest BCUT2D eigenvalue weighted by atomic mass is 10.1. The Labute approximate surface area is 151 Å². The second kappa shape index (κ2) is 10.9.